The Morgan fingerprint density at radius 1 is 1.42 bits per heavy atom. The van der Waals surface area contributed by atoms with Gasteiger partial charge in [0.05, 0.1) is 0 Å². The third-order valence-corrected chi connectivity index (χ3v) is 2.55. The number of rotatable bonds is 0. The van der Waals surface area contributed by atoms with E-state index in [2.05, 4.69) is 18.0 Å². The van der Waals surface area contributed by atoms with E-state index in [9.17, 15) is 4.79 Å². The quantitative estimate of drug-likeness (QED) is 0.539. The average Bonchev–Trinajstić information content (AvgIpc) is 2.07. The fourth-order valence-corrected chi connectivity index (χ4v) is 1.87. The minimum atomic E-state index is 0.319. The van der Waals surface area contributed by atoms with Gasteiger partial charge < -0.3 is 4.90 Å². The Hall–Kier alpha value is -1.05. The molecular formula is C10H13NO. The molecular weight excluding hydrogens is 150 g/mol. The molecule has 0 unspecified atom stereocenters. The van der Waals surface area contributed by atoms with E-state index in [1.165, 1.54) is 5.70 Å². The molecule has 0 amide bonds. The van der Waals surface area contributed by atoms with E-state index in [1.807, 2.05) is 6.08 Å². The van der Waals surface area contributed by atoms with Crippen LogP contribution in [0, 0.1) is 0 Å². The highest BCUT2D eigenvalue weighted by molar-refractivity contribution is 5.99. The van der Waals surface area contributed by atoms with Crippen molar-refractivity contribution < 1.29 is 4.79 Å². The Kier molecular flexibility index (Phi) is 1.75. The number of ketones is 1. The van der Waals surface area contributed by atoms with Crippen LogP contribution in [0.2, 0.25) is 0 Å². The largest absolute Gasteiger partial charge is 0.374 e. The SMILES string of the molecule is CN1CC=CC2=C1CCCC2=O. The lowest BCUT2D eigenvalue weighted by Gasteiger charge is -2.29. The number of nitrogens with zero attached hydrogens (tertiary/aromatic N) is 1. The zero-order chi connectivity index (χ0) is 8.55. The zero-order valence-electron chi connectivity index (χ0n) is 7.34. The molecule has 0 saturated carbocycles. The van der Waals surface area contributed by atoms with Crippen molar-refractivity contribution in [3.8, 4) is 0 Å². The van der Waals surface area contributed by atoms with Crippen LogP contribution in [0.25, 0.3) is 0 Å². The maximum atomic E-state index is 11.4. The van der Waals surface area contributed by atoms with Gasteiger partial charge in [-0.15, -0.1) is 0 Å². The maximum Gasteiger partial charge on any atom is 0.164 e. The number of carbonyl (C=O) groups excluding carboxylic acids is 1. The minimum Gasteiger partial charge on any atom is -0.374 e. The van der Waals surface area contributed by atoms with Crippen LogP contribution in [0.1, 0.15) is 19.3 Å². The molecule has 0 spiro atoms. The second-order valence-corrected chi connectivity index (χ2v) is 3.42. The third-order valence-electron chi connectivity index (χ3n) is 2.55. The average molecular weight is 163 g/mol. The van der Waals surface area contributed by atoms with Crippen LogP contribution in [0.5, 0.6) is 0 Å². The molecule has 64 valence electrons. The third kappa shape index (κ3) is 1.07. The highest BCUT2D eigenvalue weighted by atomic mass is 16.1. The second-order valence-electron chi connectivity index (χ2n) is 3.42. The monoisotopic (exact) mass is 163 g/mol. The molecule has 0 N–H and O–H groups in total. The topological polar surface area (TPSA) is 20.3 Å². The van der Waals surface area contributed by atoms with Crippen molar-refractivity contribution in [2.24, 2.45) is 0 Å². The minimum absolute atomic E-state index is 0.319. The molecule has 0 aromatic rings. The van der Waals surface area contributed by atoms with E-state index in [0.717, 1.165) is 31.4 Å². The molecule has 1 heterocycles. The van der Waals surface area contributed by atoms with Crippen LogP contribution in [0.3, 0.4) is 0 Å². The summed E-state index contributed by atoms with van der Waals surface area (Å²) in [6.45, 7) is 0.951. The molecule has 2 aliphatic rings. The van der Waals surface area contributed by atoms with Crippen LogP contribution >= 0.6 is 0 Å². The van der Waals surface area contributed by atoms with Gasteiger partial charge in [0.1, 0.15) is 0 Å². The predicted octanol–water partition coefficient (Wildman–Crippen LogP) is 1.50. The smallest absolute Gasteiger partial charge is 0.164 e. The van der Waals surface area contributed by atoms with Gasteiger partial charge in [0.2, 0.25) is 0 Å². The summed E-state index contributed by atoms with van der Waals surface area (Å²) < 4.78 is 0. The summed E-state index contributed by atoms with van der Waals surface area (Å²) in [5.41, 5.74) is 2.20. The normalized spacial score (nSPS) is 23.1. The molecule has 2 heteroatoms. The molecule has 0 bridgehead atoms. The fourth-order valence-electron chi connectivity index (χ4n) is 1.87. The van der Waals surface area contributed by atoms with Gasteiger partial charge in [0.25, 0.3) is 0 Å². The van der Waals surface area contributed by atoms with E-state index in [0.29, 0.717) is 5.78 Å². The van der Waals surface area contributed by atoms with Crippen molar-refractivity contribution >= 4 is 5.78 Å². The van der Waals surface area contributed by atoms with E-state index in [4.69, 9.17) is 0 Å². The summed E-state index contributed by atoms with van der Waals surface area (Å²) in [7, 11) is 2.05. The molecule has 0 fully saturated rings. The van der Waals surface area contributed by atoms with Gasteiger partial charge in [-0.2, -0.15) is 0 Å². The van der Waals surface area contributed by atoms with E-state index in [1.54, 1.807) is 0 Å². The first-order valence-electron chi connectivity index (χ1n) is 4.43. The summed E-state index contributed by atoms with van der Waals surface area (Å²) >= 11 is 0. The zero-order valence-corrected chi connectivity index (χ0v) is 7.34. The van der Waals surface area contributed by atoms with Gasteiger partial charge >= 0.3 is 0 Å². The van der Waals surface area contributed by atoms with Crippen LogP contribution in [-0.2, 0) is 4.79 Å². The summed E-state index contributed by atoms with van der Waals surface area (Å²) in [6, 6.07) is 0. The summed E-state index contributed by atoms with van der Waals surface area (Å²) in [5, 5.41) is 0. The molecule has 0 atom stereocenters. The van der Waals surface area contributed by atoms with Crippen LogP contribution in [0.4, 0.5) is 0 Å². The van der Waals surface area contributed by atoms with Crippen molar-refractivity contribution in [3.05, 3.63) is 23.4 Å². The van der Waals surface area contributed by atoms with Crippen LogP contribution in [-0.4, -0.2) is 24.3 Å². The summed E-state index contributed by atoms with van der Waals surface area (Å²) in [5.74, 6) is 0.319. The number of hydrogen-bond donors (Lipinski definition) is 0. The number of carbonyl (C=O) groups is 1. The molecule has 1 aliphatic carbocycles. The molecule has 0 saturated heterocycles. The fraction of sp³-hybridized carbons (Fsp3) is 0.500. The van der Waals surface area contributed by atoms with Gasteiger partial charge in [0.15, 0.2) is 5.78 Å². The number of likely N-dealkylation sites (N-methyl/N-ethyl adjacent to an activating group) is 1. The maximum absolute atomic E-state index is 11.4. The molecule has 1 aliphatic heterocycles. The van der Waals surface area contributed by atoms with Crippen molar-refractivity contribution in [1.29, 1.82) is 0 Å². The van der Waals surface area contributed by atoms with E-state index < -0.39 is 0 Å². The lowest BCUT2D eigenvalue weighted by Crippen LogP contribution is -2.27. The predicted molar refractivity (Wildman–Crippen MR) is 47.7 cm³/mol. The summed E-state index contributed by atoms with van der Waals surface area (Å²) in [4.78, 5) is 13.6. The lowest BCUT2D eigenvalue weighted by atomic mass is 9.92. The Bertz CT molecular complexity index is 276. The highest BCUT2D eigenvalue weighted by Crippen LogP contribution is 2.27. The Balaban J connectivity index is 2.39. The Morgan fingerprint density at radius 3 is 3.00 bits per heavy atom. The van der Waals surface area contributed by atoms with Gasteiger partial charge in [-0.3, -0.25) is 4.79 Å². The van der Waals surface area contributed by atoms with Gasteiger partial charge in [0, 0.05) is 31.3 Å². The second kappa shape index (κ2) is 2.77. The van der Waals surface area contributed by atoms with Crippen LogP contribution in [0.15, 0.2) is 23.4 Å². The molecule has 0 radical (unpaired) electrons. The standard InChI is InChI=1S/C10H13NO/c1-11-7-3-4-8-9(11)5-2-6-10(8)12/h3-4H,2,5-7H2,1H3. The summed E-state index contributed by atoms with van der Waals surface area (Å²) in [6.07, 6.45) is 6.87. The van der Waals surface area contributed by atoms with Gasteiger partial charge in [-0.05, 0) is 12.8 Å². The molecule has 0 aromatic heterocycles. The van der Waals surface area contributed by atoms with Crippen molar-refractivity contribution in [2.75, 3.05) is 13.6 Å². The van der Waals surface area contributed by atoms with E-state index >= 15 is 0 Å². The first kappa shape index (κ1) is 7.59. The Labute approximate surface area is 72.6 Å². The molecule has 2 rings (SSSR count). The molecule has 0 aromatic carbocycles. The first-order chi connectivity index (χ1) is 5.79. The van der Waals surface area contributed by atoms with Gasteiger partial charge in [-0.25, -0.2) is 0 Å². The van der Waals surface area contributed by atoms with Crippen molar-refractivity contribution in [2.45, 2.75) is 19.3 Å². The molecule has 2 nitrogen and oxygen atoms in total. The number of hydrogen-bond acceptors (Lipinski definition) is 2. The highest BCUT2D eigenvalue weighted by Gasteiger charge is 2.22. The molecule has 12 heavy (non-hydrogen) atoms. The van der Waals surface area contributed by atoms with Crippen LogP contribution < -0.4 is 0 Å². The van der Waals surface area contributed by atoms with E-state index in [-0.39, 0.29) is 0 Å². The lowest BCUT2D eigenvalue weighted by molar-refractivity contribution is -0.115. The van der Waals surface area contributed by atoms with Crippen molar-refractivity contribution in [3.63, 3.8) is 0 Å². The van der Waals surface area contributed by atoms with Gasteiger partial charge in [-0.1, -0.05) is 12.2 Å². The number of allylic oxidation sites excluding steroid dienone is 3. The Morgan fingerprint density at radius 2 is 2.25 bits per heavy atom. The first-order valence-corrected chi connectivity index (χ1v) is 4.43. The number of Topliss-reactive ketones (excluding diaryl/α,β-unsaturated/α-hetero) is 1. The van der Waals surface area contributed by atoms with Crippen molar-refractivity contribution in [1.82, 2.24) is 4.90 Å².